The van der Waals surface area contributed by atoms with Gasteiger partial charge in [-0.1, -0.05) is 44.0 Å². The molecule has 2 aliphatic heterocycles. The first kappa shape index (κ1) is 16.3. The van der Waals surface area contributed by atoms with Gasteiger partial charge in [-0.3, -0.25) is 9.69 Å². The predicted octanol–water partition coefficient (Wildman–Crippen LogP) is 3.46. The minimum absolute atomic E-state index is 0.657. The maximum atomic E-state index is 11.0. The van der Waals surface area contributed by atoms with E-state index in [1.807, 2.05) is 12.1 Å². The topological polar surface area (TPSA) is 32.1 Å². The molecule has 1 N–H and O–H groups in total. The Morgan fingerprint density at radius 1 is 1.25 bits per heavy atom. The molecule has 2 saturated heterocycles. The van der Waals surface area contributed by atoms with Gasteiger partial charge < -0.3 is 5.32 Å². The second kappa shape index (κ2) is 6.97. The highest BCUT2D eigenvalue weighted by molar-refractivity contribution is 5.74. The Kier molecular flexibility index (Phi) is 4.73. The smallest absolute Gasteiger partial charge is 0.150 e. The number of fused-ring (bicyclic) bond motifs is 1. The molecule has 0 radical (unpaired) electrons. The maximum absolute atomic E-state index is 11.0. The fourth-order valence-electron chi connectivity index (χ4n) is 5.40. The number of hydrogen-bond acceptors (Lipinski definition) is 3. The molecule has 1 aromatic rings. The van der Waals surface area contributed by atoms with Crippen molar-refractivity contribution in [3.05, 3.63) is 35.4 Å². The molecule has 0 bridgehead atoms. The summed E-state index contributed by atoms with van der Waals surface area (Å²) in [4.78, 5) is 13.7. The summed E-state index contributed by atoms with van der Waals surface area (Å²) in [5, 5.41) is 3.57. The SMILES string of the molecule is CCNC[C@@H]1C[C@H]([C@@H](c2ccc(C=O)cc2)C2CCCC2)N2C[C@@H]12. The third-order valence-corrected chi connectivity index (χ3v) is 6.64. The molecule has 0 spiro atoms. The average Bonchev–Trinajstić information content (AvgIpc) is 3.08. The van der Waals surface area contributed by atoms with Gasteiger partial charge in [-0.05, 0) is 49.8 Å². The summed E-state index contributed by atoms with van der Waals surface area (Å²) in [5.74, 6) is 2.31. The Bertz CT molecular complexity index is 564. The van der Waals surface area contributed by atoms with Crippen molar-refractivity contribution in [2.45, 2.75) is 57.0 Å². The molecular weight excluding hydrogens is 296 g/mol. The van der Waals surface area contributed by atoms with Gasteiger partial charge in [-0.25, -0.2) is 0 Å². The molecule has 24 heavy (non-hydrogen) atoms. The summed E-state index contributed by atoms with van der Waals surface area (Å²) in [7, 11) is 0. The second-order valence-electron chi connectivity index (χ2n) is 7.99. The lowest BCUT2D eigenvalue weighted by Crippen LogP contribution is -2.31. The summed E-state index contributed by atoms with van der Waals surface area (Å²) in [6.45, 7) is 5.76. The van der Waals surface area contributed by atoms with Crippen LogP contribution in [0.4, 0.5) is 0 Å². The highest BCUT2D eigenvalue weighted by atomic mass is 16.1. The molecular formula is C21H30N2O. The van der Waals surface area contributed by atoms with E-state index in [1.54, 1.807) is 0 Å². The van der Waals surface area contributed by atoms with Crippen LogP contribution >= 0.6 is 0 Å². The van der Waals surface area contributed by atoms with Gasteiger partial charge in [0.05, 0.1) is 0 Å². The number of hydrogen-bond donors (Lipinski definition) is 1. The van der Waals surface area contributed by atoms with E-state index in [-0.39, 0.29) is 0 Å². The van der Waals surface area contributed by atoms with Crippen molar-refractivity contribution in [2.24, 2.45) is 11.8 Å². The number of rotatable bonds is 7. The van der Waals surface area contributed by atoms with Crippen LogP contribution in [0, 0.1) is 11.8 Å². The summed E-state index contributed by atoms with van der Waals surface area (Å²) < 4.78 is 0. The first-order chi connectivity index (χ1) is 11.8. The highest BCUT2D eigenvalue weighted by Gasteiger charge is 2.54. The van der Waals surface area contributed by atoms with Crippen LogP contribution in [0.1, 0.15) is 60.9 Å². The summed E-state index contributed by atoms with van der Waals surface area (Å²) >= 11 is 0. The van der Waals surface area contributed by atoms with Crippen molar-refractivity contribution in [1.29, 1.82) is 0 Å². The zero-order chi connectivity index (χ0) is 16.5. The maximum Gasteiger partial charge on any atom is 0.150 e. The van der Waals surface area contributed by atoms with Crippen molar-refractivity contribution in [1.82, 2.24) is 10.2 Å². The zero-order valence-corrected chi connectivity index (χ0v) is 14.8. The van der Waals surface area contributed by atoms with Crippen LogP contribution in [0.5, 0.6) is 0 Å². The Morgan fingerprint density at radius 2 is 2.00 bits per heavy atom. The summed E-state index contributed by atoms with van der Waals surface area (Å²) in [5.41, 5.74) is 2.26. The summed E-state index contributed by atoms with van der Waals surface area (Å²) in [6, 6.07) is 10.0. The molecule has 1 aromatic carbocycles. The molecule has 4 rings (SSSR count). The van der Waals surface area contributed by atoms with Crippen LogP contribution in [-0.4, -0.2) is 42.9 Å². The van der Waals surface area contributed by atoms with Crippen LogP contribution < -0.4 is 5.32 Å². The van der Waals surface area contributed by atoms with Crippen LogP contribution in [0.2, 0.25) is 0 Å². The standard InChI is InChI=1S/C21H30N2O/c1-2-22-12-18-11-19(23-13-20(18)23)21(16-5-3-4-6-16)17-9-7-15(14-24)8-10-17/h7-10,14,16,18-22H,2-6,11-13H2,1H3/t18-,19+,20-,21+,23?/m0/s1. The van der Waals surface area contributed by atoms with Gasteiger partial charge in [0.25, 0.3) is 0 Å². The van der Waals surface area contributed by atoms with Gasteiger partial charge in [0.2, 0.25) is 0 Å². The third-order valence-electron chi connectivity index (χ3n) is 6.64. The number of benzene rings is 1. The van der Waals surface area contributed by atoms with Crippen molar-refractivity contribution in [2.75, 3.05) is 19.6 Å². The van der Waals surface area contributed by atoms with Gasteiger partial charge in [-0.15, -0.1) is 0 Å². The Labute approximate surface area is 145 Å². The average molecular weight is 326 g/mol. The van der Waals surface area contributed by atoms with E-state index in [9.17, 15) is 4.79 Å². The minimum atomic E-state index is 0.657. The molecule has 5 atom stereocenters. The first-order valence-electron chi connectivity index (χ1n) is 9.83. The van der Waals surface area contributed by atoms with E-state index < -0.39 is 0 Å². The minimum Gasteiger partial charge on any atom is -0.317 e. The monoisotopic (exact) mass is 326 g/mol. The molecule has 2 heterocycles. The Morgan fingerprint density at radius 3 is 2.67 bits per heavy atom. The normalized spacial score (nSPS) is 33.4. The van der Waals surface area contributed by atoms with Crippen LogP contribution in [-0.2, 0) is 0 Å². The van der Waals surface area contributed by atoms with E-state index in [2.05, 4.69) is 29.3 Å². The number of nitrogens with one attached hydrogen (secondary N) is 1. The lowest BCUT2D eigenvalue weighted by Gasteiger charge is -2.32. The molecule has 1 aliphatic carbocycles. The van der Waals surface area contributed by atoms with Gasteiger partial charge >= 0.3 is 0 Å². The van der Waals surface area contributed by atoms with Gasteiger partial charge in [0, 0.05) is 30.1 Å². The molecule has 3 fully saturated rings. The number of nitrogens with zero attached hydrogens (tertiary/aromatic N) is 1. The Balaban J connectivity index is 1.55. The molecule has 3 aliphatic rings. The lowest BCUT2D eigenvalue weighted by atomic mass is 9.77. The fraction of sp³-hybridized carbons (Fsp3) is 0.667. The number of piperidine rings is 1. The fourth-order valence-corrected chi connectivity index (χ4v) is 5.40. The van der Waals surface area contributed by atoms with Gasteiger partial charge in [0.1, 0.15) is 6.29 Å². The predicted molar refractivity (Wildman–Crippen MR) is 97.5 cm³/mol. The second-order valence-corrected chi connectivity index (χ2v) is 7.99. The quantitative estimate of drug-likeness (QED) is 0.615. The molecule has 3 nitrogen and oxygen atoms in total. The first-order valence-corrected chi connectivity index (χ1v) is 9.83. The number of carbonyl (C=O) groups is 1. The third kappa shape index (κ3) is 3.04. The molecule has 1 unspecified atom stereocenters. The van der Waals surface area contributed by atoms with Crippen LogP contribution in [0.15, 0.2) is 24.3 Å². The van der Waals surface area contributed by atoms with Gasteiger partial charge in [-0.2, -0.15) is 0 Å². The molecule has 3 heteroatoms. The Hall–Kier alpha value is -1.19. The van der Waals surface area contributed by atoms with Crippen molar-refractivity contribution >= 4 is 6.29 Å². The number of aldehydes is 1. The summed E-state index contributed by atoms with van der Waals surface area (Å²) in [6.07, 6.45) is 7.85. The highest BCUT2D eigenvalue weighted by Crippen LogP contribution is 2.50. The van der Waals surface area contributed by atoms with Gasteiger partial charge in [0.15, 0.2) is 0 Å². The lowest BCUT2D eigenvalue weighted by molar-refractivity contribution is 0.112. The van der Waals surface area contributed by atoms with E-state index in [0.29, 0.717) is 12.0 Å². The van der Waals surface area contributed by atoms with E-state index >= 15 is 0 Å². The van der Waals surface area contributed by atoms with Crippen LogP contribution in [0.25, 0.3) is 0 Å². The molecule has 0 amide bonds. The molecule has 1 saturated carbocycles. The van der Waals surface area contributed by atoms with E-state index in [0.717, 1.165) is 36.3 Å². The largest absolute Gasteiger partial charge is 0.317 e. The van der Waals surface area contributed by atoms with E-state index in [4.69, 9.17) is 0 Å². The van der Waals surface area contributed by atoms with Crippen molar-refractivity contribution < 1.29 is 4.79 Å². The zero-order valence-electron chi connectivity index (χ0n) is 14.8. The molecule has 130 valence electrons. The van der Waals surface area contributed by atoms with Crippen LogP contribution in [0.3, 0.4) is 0 Å². The van der Waals surface area contributed by atoms with Crippen molar-refractivity contribution in [3.8, 4) is 0 Å². The van der Waals surface area contributed by atoms with Crippen molar-refractivity contribution in [3.63, 3.8) is 0 Å². The molecule has 0 aromatic heterocycles. The van der Waals surface area contributed by atoms with E-state index in [1.165, 1.54) is 50.8 Å². The number of carbonyl (C=O) groups excluding carboxylic acids is 1.